The van der Waals surface area contributed by atoms with Crippen LogP contribution in [0.1, 0.15) is 24.2 Å². The summed E-state index contributed by atoms with van der Waals surface area (Å²) in [6.45, 7) is 4.05. The third kappa shape index (κ3) is 4.22. The second kappa shape index (κ2) is 7.76. The van der Waals surface area contributed by atoms with Gasteiger partial charge in [-0.3, -0.25) is 0 Å². The number of esters is 1. The lowest BCUT2D eigenvalue weighted by Crippen LogP contribution is -2.34. The van der Waals surface area contributed by atoms with Crippen LogP contribution < -0.4 is 5.32 Å². The van der Waals surface area contributed by atoms with Gasteiger partial charge < -0.3 is 19.5 Å². The van der Waals surface area contributed by atoms with E-state index in [1.807, 2.05) is 19.1 Å². The van der Waals surface area contributed by atoms with Crippen molar-refractivity contribution >= 4 is 11.7 Å². The maximum absolute atomic E-state index is 11.8. The van der Waals surface area contributed by atoms with Crippen LogP contribution in [0.4, 0.5) is 5.69 Å². The second-order valence-corrected chi connectivity index (χ2v) is 4.04. The van der Waals surface area contributed by atoms with E-state index < -0.39 is 6.29 Å². The number of rotatable bonds is 7. The molecule has 0 aliphatic heterocycles. The Balaban J connectivity index is 2.86. The van der Waals surface area contributed by atoms with E-state index in [4.69, 9.17) is 14.2 Å². The number of carbonyl (C=O) groups excluding carboxylic acids is 1. The quantitative estimate of drug-likeness (QED) is 0.606. The van der Waals surface area contributed by atoms with Crippen molar-refractivity contribution in [3.05, 3.63) is 29.8 Å². The number of para-hydroxylation sites is 1. The molecule has 0 heterocycles. The van der Waals surface area contributed by atoms with Gasteiger partial charge in [-0.15, -0.1) is 0 Å². The second-order valence-electron chi connectivity index (χ2n) is 4.04. The lowest BCUT2D eigenvalue weighted by Gasteiger charge is -2.24. The predicted octanol–water partition coefficient (Wildman–Crippen LogP) is 2.28. The fraction of sp³-hybridized carbons (Fsp3) is 0.500. The molecule has 5 nitrogen and oxygen atoms in total. The van der Waals surface area contributed by atoms with Gasteiger partial charge >= 0.3 is 5.97 Å². The normalized spacial score (nSPS) is 12.3. The van der Waals surface area contributed by atoms with Crippen LogP contribution in [0.25, 0.3) is 0 Å². The first-order valence-electron chi connectivity index (χ1n) is 6.22. The van der Waals surface area contributed by atoms with Crippen molar-refractivity contribution in [2.24, 2.45) is 0 Å². The molecule has 0 aliphatic carbocycles. The highest BCUT2D eigenvalue weighted by molar-refractivity contribution is 5.95. The van der Waals surface area contributed by atoms with E-state index in [0.717, 1.165) is 0 Å². The first-order valence-corrected chi connectivity index (χ1v) is 6.22. The van der Waals surface area contributed by atoms with Crippen LogP contribution in [0.5, 0.6) is 0 Å². The molecule has 0 amide bonds. The monoisotopic (exact) mass is 267 g/mol. The van der Waals surface area contributed by atoms with Crippen molar-refractivity contribution in [3.8, 4) is 0 Å². The zero-order valence-corrected chi connectivity index (χ0v) is 11.8. The molecule has 0 aromatic heterocycles. The molecule has 106 valence electrons. The summed E-state index contributed by atoms with van der Waals surface area (Å²) in [5.41, 5.74) is 1.20. The molecule has 0 aliphatic rings. The Hall–Kier alpha value is -1.59. The summed E-state index contributed by atoms with van der Waals surface area (Å²) in [5.74, 6) is -0.343. The number of ether oxygens (including phenoxy) is 3. The van der Waals surface area contributed by atoms with Gasteiger partial charge in [0.15, 0.2) is 6.29 Å². The first-order chi connectivity index (χ1) is 9.13. The predicted molar refractivity (Wildman–Crippen MR) is 73.3 cm³/mol. The third-order valence-corrected chi connectivity index (χ3v) is 2.68. The van der Waals surface area contributed by atoms with Crippen LogP contribution in [0.15, 0.2) is 24.3 Å². The number of hydrogen-bond acceptors (Lipinski definition) is 5. The Labute approximate surface area is 113 Å². The van der Waals surface area contributed by atoms with Gasteiger partial charge in [0.1, 0.15) is 0 Å². The first kappa shape index (κ1) is 15.5. The van der Waals surface area contributed by atoms with Crippen LogP contribution in [-0.4, -0.2) is 39.1 Å². The molecule has 0 saturated carbocycles. The largest absolute Gasteiger partial charge is 0.462 e. The molecule has 1 rings (SSSR count). The van der Waals surface area contributed by atoms with E-state index in [-0.39, 0.29) is 12.0 Å². The Kier molecular flexibility index (Phi) is 6.32. The average Bonchev–Trinajstić information content (AvgIpc) is 2.41. The summed E-state index contributed by atoms with van der Waals surface area (Å²) in [4.78, 5) is 11.8. The summed E-state index contributed by atoms with van der Waals surface area (Å²) < 4.78 is 15.4. The van der Waals surface area contributed by atoms with Crippen molar-refractivity contribution in [2.75, 3.05) is 26.1 Å². The van der Waals surface area contributed by atoms with Gasteiger partial charge in [0, 0.05) is 19.9 Å². The Morgan fingerprint density at radius 3 is 2.47 bits per heavy atom. The molecule has 0 fully saturated rings. The molecular formula is C14H21NO4. The minimum Gasteiger partial charge on any atom is -0.462 e. The van der Waals surface area contributed by atoms with Gasteiger partial charge in [-0.25, -0.2) is 4.79 Å². The van der Waals surface area contributed by atoms with Gasteiger partial charge in [-0.2, -0.15) is 0 Å². The van der Waals surface area contributed by atoms with Crippen molar-refractivity contribution in [1.82, 2.24) is 0 Å². The highest BCUT2D eigenvalue weighted by Crippen LogP contribution is 2.18. The van der Waals surface area contributed by atoms with Gasteiger partial charge in [-0.05, 0) is 26.0 Å². The molecule has 5 heteroatoms. The molecular weight excluding hydrogens is 246 g/mol. The van der Waals surface area contributed by atoms with E-state index in [1.54, 1.807) is 33.3 Å². The van der Waals surface area contributed by atoms with Gasteiger partial charge in [-0.1, -0.05) is 12.1 Å². The molecule has 0 saturated heterocycles. The van der Waals surface area contributed by atoms with Gasteiger partial charge in [0.2, 0.25) is 0 Å². The molecule has 1 aromatic rings. The number of benzene rings is 1. The maximum Gasteiger partial charge on any atom is 0.340 e. The van der Waals surface area contributed by atoms with E-state index >= 15 is 0 Å². The lowest BCUT2D eigenvalue weighted by molar-refractivity contribution is -0.109. The van der Waals surface area contributed by atoms with Gasteiger partial charge in [0.05, 0.1) is 18.2 Å². The summed E-state index contributed by atoms with van der Waals surface area (Å²) >= 11 is 0. The molecule has 19 heavy (non-hydrogen) atoms. The molecule has 1 aromatic carbocycles. The number of anilines is 1. The number of nitrogens with one attached hydrogen (secondary N) is 1. The number of hydrogen-bond donors (Lipinski definition) is 1. The highest BCUT2D eigenvalue weighted by Gasteiger charge is 2.18. The average molecular weight is 267 g/mol. The minimum atomic E-state index is -0.393. The summed E-state index contributed by atoms with van der Waals surface area (Å²) in [7, 11) is 3.15. The van der Waals surface area contributed by atoms with Crippen molar-refractivity contribution in [2.45, 2.75) is 26.2 Å². The summed E-state index contributed by atoms with van der Waals surface area (Å²) in [6.07, 6.45) is -0.393. The van der Waals surface area contributed by atoms with Crippen molar-refractivity contribution in [3.63, 3.8) is 0 Å². The van der Waals surface area contributed by atoms with E-state index in [2.05, 4.69) is 5.32 Å². The Morgan fingerprint density at radius 1 is 1.26 bits per heavy atom. The van der Waals surface area contributed by atoms with Crippen LogP contribution in [0, 0.1) is 0 Å². The molecule has 0 radical (unpaired) electrons. The smallest absolute Gasteiger partial charge is 0.340 e. The standard InChI is InChI=1S/C14H21NO4/c1-5-19-13(16)11-8-6-7-9-12(11)15-10(2)14(17-3)18-4/h6-10,14-15H,5H2,1-4H3. The molecule has 1 unspecified atom stereocenters. The number of carbonyl (C=O) groups is 1. The molecule has 0 spiro atoms. The topological polar surface area (TPSA) is 56.8 Å². The highest BCUT2D eigenvalue weighted by atomic mass is 16.7. The van der Waals surface area contributed by atoms with Crippen LogP contribution in [-0.2, 0) is 14.2 Å². The van der Waals surface area contributed by atoms with E-state index in [0.29, 0.717) is 17.9 Å². The third-order valence-electron chi connectivity index (χ3n) is 2.68. The van der Waals surface area contributed by atoms with Crippen molar-refractivity contribution < 1.29 is 19.0 Å². The van der Waals surface area contributed by atoms with E-state index in [1.165, 1.54) is 0 Å². The summed E-state index contributed by atoms with van der Waals surface area (Å²) in [6, 6.07) is 7.09. The fourth-order valence-electron chi connectivity index (χ4n) is 1.81. The van der Waals surface area contributed by atoms with Crippen LogP contribution in [0.3, 0.4) is 0 Å². The molecule has 0 bridgehead atoms. The maximum atomic E-state index is 11.8. The van der Waals surface area contributed by atoms with Crippen molar-refractivity contribution in [1.29, 1.82) is 0 Å². The zero-order valence-electron chi connectivity index (χ0n) is 11.8. The number of methoxy groups -OCH3 is 2. The van der Waals surface area contributed by atoms with Crippen LogP contribution in [0.2, 0.25) is 0 Å². The molecule has 1 atom stereocenters. The zero-order chi connectivity index (χ0) is 14.3. The summed E-state index contributed by atoms with van der Waals surface area (Å²) in [5, 5.41) is 3.20. The van der Waals surface area contributed by atoms with E-state index in [9.17, 15) is 4.79 Å². The SMILES string of the molecule is CCOC(=O)c1ccccc1NC(C)C(OC)OC. The van der Waals surface area contributed by atoms with Crippen LogP contribution >= 0.6 is 0 Å². The fourth-order valence-corrected chi connectivity index (χ4v) is 1.81. The lowest BCUT2D eigenvalue weighted by atomic mass is 10.1. The van der Waals surface area contributed by atoms with Gasteiger partial charge in [0.25, 0.3) is 0 Å². The molecule has 1 N–H and O–H groups in total. The Morgan fingerprint density at radius 2 is 1.89 bits per heavy atom. The Bertz CT molecular complexity index is 404. The minimum absolute atomic E-state index is 0.106.